The second kappa shape index (κ2) is 19.6. The Morgan fingerprint density at radius 1 is 0.720 bits per heavy atom. The molecule has 25 heavy (non-hydrogen) atoms. The van der Waals surface area contributed by atoms with Gasteiger partial charge in [-0.2, -0.15) is 35.3 Å². The smallest absolute Gasteiger partial charge is 0.146 e. The Morgan fingerprint density at radius 3 is 1.88 bits per heavy atom. The van der Waals surface area contributed by atoms with Crippen molar-refractivity contribution in [2.24, 2.45) is 0 Å². The third-order valence-corrected chi connectivity index (χ3v) is 7.41. The van der Waals surface area contributed by atoms with Crippen LogP contribution in [0.2, 0.25) is 0 Å². The maximum Gasteiger partial charge on any atom is 0.146 e. The lowest BCUT2D eigenvalue weighted by Crippen LogP contribution is -2.11. The van der Waals surface area contributed by atoms with E-state index in [1.165, 1.54) is 5.75 Å². The van der Waals surface area contributed by atoms with Gasteiger partial charge in [0.25, 0.3) is 0 Å². The number of rotatable bonds is 19. The van der Waals surface area contributed by atoms with E-state index in [0.29, 0.717) is 30.7 Å². The van der Waals surface area contributed by atoms with Crippen LogP contribution in [0.5, 0.6) is 0 Å². The van der Waals surface area contributed by atoms with Crippen molar-refractivity contribution in [2.75, 3.05) is 57.8 Å². The number of thioether (sulfide) groups is 3. The van der Waals surface area contributed by atoms with Gasteiger partial charge in [0.1, 0.15) is 13.6 Å². The van der Waals surface area contributed by atoms with Gasteiger partial charge in [-0.05, 0) is 26.0 Å². The van der Waals surface area contributed by atoms with Gasteiger partial charge in [-0.15, -0.1) is 0 Å². The topological polar surface area (TPSA) is 36.9 Å². The largest absolute Gasteiger partial charge is 0.356 e. The average molecular weight is 415 g/mol. The van der Waals surface area contributed by atoms with Crippen LogP contribution in [0.25, 0.3) is 0 Å². The molecule has 0 fully saturated rings. The molecule has 3 unspecified atom stereocenters. The van der Waals surface area contributed by atoms with Crippen molar-refractivity contribution in [1.29, 1.82) is 0 Å². The van der Waals surface area contributed by atoms with Gasteiger partial charge < -0.3 is 18.9 Å². The lowest BCUT2D eigenvalue weighted by Gasteiger charge is -2.14. The average Bonchev–Trinajstić information content (AvgIpc) is 2.61. The lowest BCUT2D eigenvalue weighted by atomic mass is 10.3. The molecule has 0 radical (unpaired) electrons. The van der Waals surface area contributed by atoms with Crippen LogP contribution < -0.4 is 0 Å². The third kappa shape index (κ3) is 19.5. The number of ether oxygens (including phenoxy) is 4. The van der Waals surface area contributed by atoms with E-state index in [-0.39, 0.29) is 0 Å². The van der Waals surface area contributed by atoms with E-state index in [9.17, 15) is 0 Å². The minimum atomic E-state index is 0.402. The highest BCUT2D eigenvalue weighted by atomic mass is 32.2. The maximum atomic E-state index is 5.57. The van der Waals surface area contributed by atoms with Gasteiger partial charge in [0.15, 0.2) is 0 Å². The van der Waals surface area contributed by atoms with Crippen molar-refractivity contribution in [1.82, 2.24) is 0 Å². The van der Waals surface area contributed by atoms with Gasteiger partial charge in [0.05, 0.1) is 19.8 Å². The van der Waals surface area contributed by atoms with Crippen molar-refractivity contribution in [3.63, 3.8) is 0 Å². The van der Waals surface area contributed by atoms with Crippen LogP contribution in [-0.2, 0) is 18.9 Å². The van der Waals surface area contributed by atoms with Crippen LogP contribution in [0.1, 0.15) is 40.5 Å². The van der Waals surface area contributed by atoms with Crippen LogP contribution in [-0.4, -0.2) is 73.5 Å². The molecule has 0 aliphatic rings. The molecule has 0 aromatic heterocycles. The second-order valence-electron chi connectivity index (χ2n) is 5.90. The molecule has 0 saturated carbocycles. The van der Waals surface area contributed by atoms with Gasteiger partial charge in [0, 0.05) is 33.9 Å². The molecule has 0 spiro atoms. The molecule has 0 amide bonds. The first kappa shape index (κ1) is 25.9. The molecule has 0 N–H and O–H groups in total. The van der Waals surface area contributed by atoms with E-state index in [1.54, 1.807) is 0 Å². The van der Waals surface area contributed by atoms with E-state index in [0.717, 1.165) is 43.7 Å². The molecule has 0 bridgehead atoms. The Morgan fingerprint density at radius 2 is 1.28 bits per heavy atom. The summed E-state index contributed by atoms with van der Waals surface area (Å²) < 4.78 is 21.6. The first-order chi connectivity index (χ1) is 12.1. The molecule has 3 atom stereocenters. The predicted octanol–water partition coefficient (Wildman–Crippen LogP) is 4.76. The van der Waals surface area contributed by atoms with E-state index in [2.05, 4.69) is 27.0 Å². The normalized spacial score (nSPS) is 15.2. The monoisotopic (exact) mass is 414 g/mol. The molecule has 7 heteroatoms. The fourth-order valence-corrected chi connectivity index (χ4v) is 4.24. The summed E-state index contributed by atoms with van der Waals surface area (Å²) >= 11 is 5.87. The van der Waals surface area contributed by atoms with Crippen LogP contribution in [0, 0.1) is 0 Å². The summed E-state index contributed by atoms with van der Waals surface area (Å²) in [4.78, 5) is 0. The molecular weight excluding hydrogens is 376 g/mol. The van der Waals surface area contributed by atoms with E-state index in [1.807, 2.05) is 42.2 Å². The van der Waals surface area contributed by atoms with Gasteiger partial charge in [-0.1, -0.05) is 20.8 Å². The SMILES string of the molecule is CCOCOCCSC(C)CCOCOCCC(C)SCC(C)SC. The minimum Gasteiger partial charge on any atom is -0.356 e. The van der Waals surface area contributed by atoms with Gasteiger partial charge in [-0.25, -0.2) is 0 Å². The zero-order chi connectivity index (χ0) is 18.8. The second-order valence-corrected chi connectivity index (χ2v) is 10.2. The summed E-state index contributed by atoms with van der Waals surface area (Å²) in [6.07, 6.45) is 4.30. The van der Waals surface area contributed by atoms with Gasteiger partial charge in [0.2, 0.25) is 0 Å². The summed E-state index contributed by atoms with van der Waals surface area (Å²) in [7, 11) is 0. The fraction of sp³-hybridized carbons (Fsp3) is 1.00. The molecule has 0 aromatic carbocycles. The summed E-state index contributed by atoms with van der Waals surface area (Å²) in [6, 6.07) is 0. The Hall–Kier alpha value is 0.890. The molecular formula is C18H38O4S3. The Bertz CT molecular complexity index is 273. The summed E-state index contributed by atoms with van der Waals surface area (Å²) in [5, 5.41) is 1.95. The summed E-state index contributed by atoms with van der Waals surface area (Å²) in [5.41, 5.74) is 0. The van der Waals surface area contributed by atoms with Crippen LogP contribution in [0.15, 0.2) is 0 Å². The van der Waals surface area contributed by atoms with Crippen molar-refractivity contribution < 1.29 is 18.9 Å². The first-order valence-electron chi connectivity index (χ1n) is 9.17. The number of hydrogen-bond acceptors (Lipinski definition) is 7. The highest BCUT2D eigenvalue weighted by molar-refractivity contribution is 8.03. The highest BCUT2D eigenvalue weighted by Gasteiger charge is 2.06. The zero-order valence-corrected chi connectivity index (χ0v) is 19.1. The molecule has 4 nitrogen and oxygen atoms in total. The Balaban J connectivity index is 3.29. The quantitative estimate of drug-likeness (QED) is 0.223. The molecule has 0 aromatic rings. The van der Waals surface area contributed by atoms with E-state index in [4.69, 9.17) is 18.9 Å². The highest BCUT2D eigenvalue weighted by Crippen LogP contribution is 2.19. The zero-order valence-electron chi connectivity index (χ0n) is 16.7. The van der Waals surface area contributed by atoms with Gasteiger partial charge >= 0.3 is 0 Å². The molecule has 0 aliphatic heterocycles. The molecule has 0 heterocycles. The molecule has 0 rings (SSSR count). The Labute approximate surface area is 168 Å². The molecule has 0 aliphatic carbocycles. The molecule has 152 valence electrons. The van der Waals surface area contributed by atoms with Crippen LogP contribution >= 0.6 is 35.3 Å². The first-order valence-corrected chi connectivity index (χ1v) is 12.6. The standard InChI is InChI=1S/C18H38O4S3/c1-6-19-14-22-11-12-24-16(2)7-9-20-15-21-10-8-17(3)25-13-18(4)23-5/h16-18H,6-15H2,1-5H3. The maximum absolute atomic E-state index is 5.57. The summed E-state index contributed by atoms with van der Waals surface area (Å²) in [6.45, 7) is 12.5. The predicted molar refractivity (Wildman–Crippen MR) is 115 cm³/mol. The van der Waals surface area contributed by atoms with Crippen molar-refractivity contribution in [3.8, 4) is 0 Å². The van der Waals surface area contributed by atoms with Crippen molar-refractivity contribution in [3.05, 3.63) is 0 Å². The van der Waals surface area contributed by atoms with E-state index >= 15 is 0 Å². The number of hydrogen-bond donors (Lipinski definition) is 0. The molecule has 0 saturated heterocycles. The van der Waals surface area contributed by atoms with Crippen LogP contribution in [0.3, 0.4) is 0 Å². The third-order valence-electron chi connectivity index (χ3n) is 3.52. The van der Waals surface area contributed by atoms with Gasteiger partial charge in [-0.3, -0.25) is 0 Å². The van der Waals surface area contributed by atoms with Crippen LogP contribution in [0.4, 0.5) is 0 Å². The van der Waals surface area contributed by atoms with Crippen molar-refractivity contribution >= 4 is 35.3 Å². The summed E-state index contributed by atoms with van der Waals surface area (Å²) in [5.74, 6) is 2.21. The van der Waals surface area contributed by atoms with Crippen molar-refractivity contribution in [2.45, 2.75) is 56.3 Å². The minimum absolute atomic E-state index is 0.402. The van der Waals surface area contributed by atoms with E-state index < -0.39 is 0 Å². The fourth-order valence-electron chi connectivity index (χ4n) is 1.72. The lowest BCUT2D eigenvalue weighted by molar-refractivity contribution is -0.0545. The Kier molecular flexibility index (Phi) is 20.3.